The van der Waals surface area contributed by atoms with Gasteiger partial charge in [0.15, 0.2) is 0 Å². The number of methoxy groups -OCH3 is 1. The summed E-state index contributed by atoms with van der Waals surface area (Å²) in [6.45, 7) is 7.21. The van der Waals surface area contributed by atoms with E-state index in [1.54, 1.807) is 38.4 Å². The Labute approximate surface area is 192 Å². The standard InChI is InChI=1S/C22H27N5O5S/c1-13(2)19(22-25-20(26-32-22)15-8-10-23-11-9-15)24-21(28)16-6-7-17(31-5)18(12-16)33(29,30)27-14(3)4/h6-14,19,27H,1-5H3,(H,24,28). The molecule has 2 heterocycles. The Morgan fingerprint density at radius 2 is 1.79 bits per heavy atom. The lowest BCUT2D eigenvalue weighted by Gasteiger charge is -2.19. The zero-order valence-corrected chi connectivity index (χ0v) is 19.9. The number of aromatic nitrogens is 3. The number of benzene rings is 1. The molecule has 0 spiro atoms. The highest BCUT2D eigenvalue weighted by atomic mass is 32.2. The van der Waals surface area contributed by atoms with Gasteiger partial charge in [-0.1, -0.05) is 19.0 Å². The molecule has 0 aliphatic rings. The van der Waals surface area contributed by atoms with Crippen molar-refractivity contribution in [3.63, 3.8) is 0 Å². The summed E-state index contributed by atoms with van der Waals surface area (Å²) in [5.41, 5.74) is 0.885. The zero-order valence-electron chi connectivity index (χ0n) is 19.1. The lowest BCUT2D eigenvalue weighted by Crippen LogP contribution is -2.33. The molecule has 0 fully saturated rings. The SMILES string of the molecule is COc1ccc(C(=O)NC(c2nc(-c3ccncc3)no2)C(C)C)cc1S(=O)(=O)NC(C)C. The Morgan fingerprint density at radius 1 is 1.09 bits per heavy atom. The normalized spacial score (nSPS) is 12.7. The fourth-order valence-electron chi connectivity index (χ4n) is 3.12. The predicted octanol–water partition coefficient (Wildman–Crippen LogP) is 2.95. The second-order valence-corrected chi connectivity index (χ2v) is 9.71. The van der Waals surface area contributed by atoms with E-state index < -0.39 is 22.0 Å². The van der Waals surface area contributed by atoms with Crippen LogP contribution in [-0.2, 0) is 10.0 Å². The molecule has 33 heavy (non-hydrogen) atoms. The molecule has 1 atom stereocenters. The van der Waals surface area contributed by atoms with Crippen LogP contribution < -0.4 is 14.8 Å². The van der Waals surface area contributed by atoms with Crippen LogP contribution in [0.1, 0.15) is 50.0 Å². The third-order valence-corrected chi connectivity index (χ3v) is 6.39. The van der Waals surface area contributed by atoms with Gasteiger partial charge in [-0.05, 0) is 50.1 Å². The molecule has 0 radical (unpaired) electrons. The van der Waals surface area contributed by atoms with E-state index in [0.717, 1.165) is 5.56 Å². The number of rotatable bonds is 9. The number of hydrogen-bond acceptors (Lipinski definition) is 8. The molecule has 1 aromatic carbocycles. The van der Waals surface area contributed by atoms with Crippen molar-refractivity contribution in [1.29, 1.82) is 0 Å². The molecular weight excluding hydrogens is 446 g/mol. The first kappa shape index (κ1) is 24.3. The minimum absolute atomic E-state index is 0.0799. The molecule has 0 aliphatic carbocycles. The summed E-state index contributed by atoms with van der Waals surface area (Å²) in [7, 11) is -2.51. The van der Waals surface area contributed by atoms with Crippen LogP contribution in [0.5, 0.6) is 5.75 Å². The van der Waals surface area contributed by atoms with Crippen LogP contribution in [0.2, 0.25) is 0 Å². The molecule has 0 aliphatic heterocycles. The summed E-state index contributed by atoms with van der Waals surface area (Å²) in [6.07, 6.45) is 3.24. The van der Waals surface area contributed by atoms with Gasteiger partial charge < -0.3 is 14.6 Å². The third-order valence-electron chi connectivity index (χ3n) is 4.71. The molecule has 0 saturated heterocycles. The second-order valence-electron chi connectivity index (χ2n) is 8.03. The molecule has 2 aromatic heterocycles. The summed E-state index contributed by atoms with van der Waals surface area (Å²) in [5, 5.41) is 6.86. The summed E-state index contributed by atoms with van der Waals surface area (Å²) in [6, 6.07) is 6.82. The average molecular weight is 474 g/mol. The smallest absolute Gasteiger partial charge is 0.251 e. The van der Waals surface area contributed by atoms with Gasteiger partial charge in [-0.2, -0.15) is 4.98 Å². The van der Waals surface area contributed by atoms with Crippen LogP contribution >= 0.6 is 0 Å². The van der Waals surface area contributed by atoms with Crippen LogP contribution in [0.25, 0.3) is 11.4 Å². The first-order chi connectivity index (χ1) is 15.6. The minimum Gasteiger partial charge on any atom is -0.495 e. The van der Waals surface area contributed by atoms with Crippen molar-refractivity contribution in [2.24, 2.45) is 5.92 Å². The highest BCUT2D eigenvalue weighted by molar-refractivity contribution is 7.89. The van der Waals surface area contributed by atoms with E-state index in [0.29, 0.717) is 5.82 Å². The maximum Gasteiger partial charge on any atom is 0.251 e. The van der Waals surface area contributed by atoms with Crippen LogP contribution in [0.4, 0.5) is 0 Å². The molecule has 2 N–H and O–H groups in total. The molecule has 3 aromatic rings. The Morgan fingerprint density at radius 3 is 2.39 bits per heavy atom. The van der Waals surface area contributed by atoms with E-state index in [1.807, 2.05) is 13.8 Å². The van der Waals surface area contributed by atoms with Crippen molar-refractivity contribution in [3.05, 3.63) is 54.2 Å². The lowest BCUT2D eigenvalue weighted by atomic mass is 10.0. The molecule has 1 unspecified atom stereocenters. The van der Waals surface area contributed by atoms with Gasteiger partial charge in [0.1, 0.15) is 16.7 Å². The summed E-state index contributed by atoms with van der Waals surface area (Å²) in [4.78, 5) is 21.3. The van der Waals surface area contributed by atoms with Gasteiger partial charge in [0.05, 0.1) is 7.11 Å². The number of sulfonamides is 1. The van der Waals surface area contributed by atoms with Gasteiger partial charge >= 0.3 is 0 Å². The van der Waals surface area contributed by atoms with Gasteiger partial charge in [0.2, 0.25) is 21.7 Å². The lowest BCUT2D eigenvalue weighted by molar-refractivity contribution is 0.0913. The Hall–Kier alpha value is -3.31. The maximum atomic E-state index is 13.0. The maximum absolute atomic E-state index is 13.0. The number of hydrogen-bond donors (Lipinski definition) is 2. The van der Waals surface area contributed by atoms with Crippen molar-refractivity contribution in [3.8, 4) is 17.1 Å². The van der Waals surface area contributed by atoms with Gasteiger partial charge in [-0.25, -0.2) is 13.1 Å². The van der Waals surface area contributed by atoms with Crippen LogP contribution in [0.15, 0.2) is 52.1 Å². The summed E-state index contributed by atoms with van der Waals surface area (Å²) in [5.74, 6) is 0.196. The Bertz CT molecular complexity index is 1210. The number of carbonyl (C=O) groups excluding carboxylic acids is 1. The number of nitrogens with zero attached hydrogens (tertiary/aromatic N) is 3. The first-order valence-corrected chi connectivity index (χ1v) is 11.9. The largest absolute Gasteiger partial charge is 0.495 e. The average Bonchev–Trinajstić information content (AvgIpc) is 3.26. The molecular formula is C22H27N5O5S. The Balaban J connectivity index is 1.88. The fraction of sp³-hybridized carbons (Fsp3) is 0.364. The number of ether oxygens (including phenoxy) is 1. The highest BCUT2D eigenvalue weighted by Gasteiger charge is 2.27. The molecule has 176 valence electrons. The third kappa shape index (κ3) is 5.74. The second kappa shape index (κ2) is 10.1. The number of carbonyl (C=O) groups is 1. The molecule has 0 bridgehead atoms. The number of amides is 1. The highest BCUT2D eigenvalue weighted by Crippen LogP contribution is 2.27. The molecule has 10 nitrogen and oxygen atoms in total. The Kier molecular flexibility index (Phi) is 7.44. The molecule has 11 heteroatoms. The summed E-state index contributed by atoms with van der Waals surface area (Å²) >= 11 is 0. The van der Waals surface area contributed by atoms with E-state index in [2.05, 4.69) is 25.2 Å². The van der Waals surface area contributed by atoms with Crippen molar-refractivity contribution in [2.75, 3.05) is 7.11 Å². The topological polar surface area (TPSA) is 136 Å². The van der Waals surface area contributed by atoms with E-state index in [1.165, 1.54) is 25.3 Å². The first-order valence-electron chi connectivity index (χ1n) is 10.4. The monoisotopic (exact) mass is 473 g/mol. The van der Waals surface area contributed by atoms with Gasteiger partial charge in [0, 0.05) is 29.6 Å². The zero-order chi connectivity index (χ0) is 24.2. The number of nitrogens with one attached hydrogen (secondary N) is 2. The predicted molar refractivity (Wildman–Crippen MR) is 121 cm³/mol. The van der Waals surface area contributed by atoms with Crippen molar-refractivity contribution >= 4 is 15.9 Å². The van der Waals surface area contributed by atoms with E-state index in [-0.39, 0.29) is 34.1 Å². The van der Waals surface area contributed by atoms with Gasteiger partial charge in [-0.3, -0.25) is 9.78 Å². The number of pyridine rings is 1. The van der Waals surface area contributed by atoms with Crippen LogP contribution in [-0.4, -0.2) is 42.6 Å². The van der Waals surface area contributed by atoms with E-state index in [4.69, 9.17) is 9.26 Å². The van der Waals surface area contributed by atoms with Crippen molar-refractivity contribution in [2.45, 2.75) is 44.7 Å². The molecule has 3 rings (SSSR count). The fourth-order valence-corrected chi connectivity index (χ4v) is 4.57. The van der Waals surface area contributed by atoms with Crippen molar-refractivity contribution < 1.29 is 22.5 Å². The van der Waals surface area contributed by atoms with Gasteiger partial charge in [-0.15, -0.1) is 0 Å². The quantitative estimate of drug-likeness (QED) is 0.484. The molecule has 1 amide bonds. The van der Waals surface area contributed by atoms with E-state index in [9.17, 15) is 13.2 Å². The van der Waals surface area contributed by atoms with Crippen LogP contribution in [0, 0.1) is 5.92 Å². The molecule has 0 saturated carbocycles. The van der Waals surface area contributed by atoms with Gasteiger partial charge in [0.25, 0.3) is 5.91 Å². The van der Waals surface area contributed by atoms with E-state index >= 15 is 0 Å². The van der Waals surface area contributed by atoms with Crippen molar-refractivity contribution in [1.82, 2.24) is 25.2 Å². The van der Waals surface area contributed by atoms with Crippen LogP contribution in [0.3, 0.4) is 0 Å². The minimum atomic E-state index is -3.88. The summed E-state index contributed by atoms with van der Waals surface area (Å²) < 4.78 is 38.6.